The number of likely N-dealkylation sites (tertiary alicyclic amines) is 2. The van der Waals surface area contributed by atoms with E-state index in [9.17, 15) is 23.6 Å². The molecule has 1 aliphatic carbocycles. The van der Waals surface area contributed by atoms with Gasteiger partial charge in [0.2, 0.25) is 5.91 Å². The number of ketones is 1. The topological polar surface area (TPSA) is 105 Å². The van der Waals surface area contributed by atoms with E-state index < -0.39 is 23.6 Å². The third kappa shape index (κ3) is 6.75. The van der Waals surface area contributed by atoms with Crippen molar-refractivity contribution in [1.29, 1.82) is 0 Å². The molecule has 6 rings (SSSR count). The zero-order valence-electron chi connectivity index (χ0n) is 30.3. The second kappa shape index (κ2) is 13.8. The van der Waals surface area contributed by atoms with E-state index in [1.165, 1.54) is 12.1 Å². The van der Waals surface area contributed by atoms with Crippen LogP contribution < -0.4 is 0 Å². The number of hydrogen-bond acceptors (Lipinski definition) is 6. The van der Waals surface area contributed by atoms with Gasteiger partial charge in [-0.2, -0.15) is 0 Å². The average molecular weight is 688 g/mol. The zero-order valence-corrected chi connectivity index (χ0v) is 30.3. The average Bonchev–Trinajstić information content (AvgIpc) is 3.72. The molecule has 3 fully saturated rings. The Morgan fingerprint density at radius 2 is 1.70 bits per heavy atom. The molecule has 3 amide bonds. The van der Waals surface area contributed by atoms with E-state index in [4.69, 9.17) is 4.74 Å². The first-order valence-corrected chi connectivity index (χ1v) is 18.1. The van der Waals surface area contributed by atoms with Crippen molar-refractivity contribution in [3.05, 3.63) is 59.8 Å². The molecule has 2 aromatic heterocycles. The lowest BCUT2D eigenvalue weighted by molar-refractivity contribution is -0.138. The molecule has 0 spiro atoms. The van der Waals surface area contributed by atoms with Gasteiger partial charge < -0.3 is 19.1 Å². The Kier molecular flexibility index (Phi) is 9.81. The molecule has 1 saturated carbocycles. The fourth-order valence-corrected chi connectivity index (χ4v) is 8.43. The minimum absolute atomic E-state index is 0.0210. The van der Waals surface area contributed by atoms with Crippen LogP contribution in [-0.2, 0) is 9.53 Å². The molecule has 3 aromatic rings. The number of carbonyl (C=O) groups is 4. The number of aromatic nitrogens is 2. The van der Waals surface area contributed by atoms with Gasteiger partial charge in [0.25, 0.3) is 5.91 Å². The Balaban J connectivity index is 1.25. The van der Waals surface area contributed by atoms with Crippen LogP contribution >= 0.6 is 0 Å². The van der Waals surface area contributed by atoms with E-state index in [-0.39, 0.29) is 53.1 Å². The number of pyridine rings is 1. The zero-order chi connectivity index (χ0) is 36.1. The van der Waals surface area contributed by atoms with E-state index in [1.807, 2.05) is 53.4 Å². The Morgan fingerprint density at radius 3 is 2.40 bits per heavy atom. The van der Waals surface area contributed by atoms with Gasteiger partial charge in [-0.15, -0.1) is 0 Å². The molecule has 0 radical (unpaired) electrons. The monoisotopic (exact) mass is 687 g/mol. The Morgan fingerprint density at radius 1 is 0.960 bits per heavy atom. The van der Waals surface area contributed by atoms with Crippen LogP contribution in [0.3, 0.4) is 0 Å². The van der Waals surface area contributed by atoms with E-state index in [2.05, 4.69) is 4.98 Å². The molecule has 50 heavy (non-hydrogen) atoms. The van der Waals surface area contributed by atoms with Gasteiger partial charge >= 0.3 is 6.09 Å². The molecule has 3 aliphatic rings. The van der Waals surface area contributed by atoms with Gasteiger partial charge in [-0.3, -0.25) is 24.3 Å². The fraction of sp³-hybridized carbons (Fsp3) is 0.564. The SMILES string of the molecule is CC(C)N(C(=O)c1cc(F)ccc1-n1cc(C(=O)[C@@H]2CCCN(C(=O)[C@@H]3[C@H]4CC[C@H](C4)N3C(=O)OC(C)(C)C)CC2)c2ccncc21)C(C)C. The molecule has 4 heterocycles. The van der Waals surface area contributed by atoms with E-state index in [0.29, 0.717) is 54.5 Å². The van der Waals surface area contributed by atoms with Crippen LogP contribution in [0.25, 0.3) is 16.6 Å². The van der Waals surface area contributed by atoms with E-state index in [0.717, 1.165) is 19.3 Å². The normalized spacial score (nSPS) is 22.4. The highest BCUT2D eigenvalue weighted by molar-refractivity contribution is 6.10. The molecule has 0 unspecified atom stereocenters. The number of nitrogens with zero attached hydrogens (tertiary/aromatic N) is 5. The fourth-order valence-electron chi connectivity index (χ4n) is 8.43. The van der Waals surface area contributed by atoms with Crippen molar-refractivity contribution < 1.29 is 28.3 Å². The molecule has 10 nitrogen and oxygen atoms in total. The molecule has 2 aliphatic heterocycles. The summed E-state index contributed by atoms with van der Waals surface area (Å²) in [5.41, 5.74) is 1.16. The van der Waals surface area contributed by atoms with Crippen molar-refractivity contribution in [2.75, 3.05) is 13.1 Å². The summed E-state index contributed by atoms with van der Waals surface area (Å²) in [6.07, 6.45) is 9.00. The number of Topliss-reactive ketones (excluding diaryl/α,β-unsaturated/α-hetero) is 1. The number of hydrogen-bond donors (Lipinski definition) is 0. The van der Waals surface area contributed by atoms with Gasteiger partial charge in [0.15, 0.2) is 5.78 Å². The smallest absolute Gasteiger partial charge is 0.411 e. The third-order valence-corrected chi connectivity index (χ3v) is 10.5. The maximum atomic E-state index is 14.7. The second-order valence-corrected chi connectivity index (χ2v) is 15.7. The van der Waals surface area contributed by atoms with Crippen molar-refractivity contribution in [2.45, 2.75) is 117 Å². The number of piperidine rings is 1. The highest BCUT2D eigenvalue weighted by Crippen LogP contribution is 2.44. The van der Waals surface area contributed by atoms with Crippen molar-refractivity contribution in [2.24, 2.45) is 11.8 Å². The number of ether oxygens (including phenoxy) is 1. The summed E-state index contributed by atoms with van der Waals surface area (Å²) >= 11 is 0. The Hall–Kier alpha value is -4.28. The van der Waals surface area contributed by atoms with Crippen LogP contribution in [0.2, 0.25) is 0 Å². The highest BCUT2D eigenvalue weighted by Gasteiger charge is 2.53. The highest BCUT2D eigenvalue weighted by atomic mass is 19.1. The van der Waals surface area contributed by atoms with E-state index in [1.54, 1.807) is 45.1 Å². The number of fused-ring (bicyclic) bond motifs is 3. The lowest BCUT2D eigenvalue weighted by atomic mass is 9.91. The number of amides is 3. The van der Waals surface area contributed by atoms with Crippen molar-refractivity contribution in [1.82, 2.24) is 24.3 Å². The van der Waals surface area contributed by atoms with Crippen LogP contribution in [0.15, 0.2) is 42.9 Å². The largest absolute Gasteiger partial charge is 0.444 e. The molecule has 2 saturated heterocycles. The molecular weight excluding hydrogens is 637 g/mol. The second-order valence-electron chi connectivity index (χ2n) is 15.7. The van der Waals surface area contributed by atoms with Gasteiger partial charge in [0, 0.05) is 60.5 Å². The number of carbonyl (C=O) groups excluding carboxylic acids is 4. The maximum absolute atomic E-state index is 14.7. The Bertz CT molecular complexity index is 1790. The predicted octanol–water partition coefficient (Wildman–Crippen LogP) is 7.02. The number of rotatable bonds is 7. The molecule has 4 atom stereocenters. The molecule has 1 aromatic carbocycles. The Labute approximate surface area is 293 Å². The lowest BCUT2D eigenvalue weighted by Crippen LogP contribution is -2.55. The first-order valence-electron chi connectivity index (χ1n) is 18.1. The van der Waals surface area contributed by atoms with Crippen LogP contribution in [-0.4, -0.2) is 90.8 Å². The first kappa shape index (κ1) is 35.5. The van der Waals surface area contributed by atoms with Gasteiger partial charge in [0.1, 0.15) is 17.5 Å². The van der Waals surface area contributed by atoms with Gasteiger partial charge in [-0.1, -0.05) is 0 Å². The summed E-state index contributed by atoms with van der Waals surface area (Å²) in [5, 5.41) is 0.699. The summed E-state index contributed by atoms with van der Waals surface area (Å²) in [6, 6.07) is 5.23. The lowest BCUT2D eigenvalue weighted by Gasteiger charge is -2.37. The van der Waals surface area contributed by atoms with Crippen LogP contribution in [0.1, 0.15) is 108 Å². The van der Waals surface area contributed by atoms with Crippen molar-refractivity contribution >= 4 is 34.6 Å². The minimum Gasteiger partial charge on any atom is -0.444 e. The summed E-state index contributed by atoms with van der Waals surface area (Å²) in [5.74, 6) is -1.11. The van der Waals surface area contributed by atoms with Crippen molar-refractivity contribution in [3.8, 4) is 5.69 Å². The van der Waals surface area contributed by atoms with Gasteiger partial charge in [-0.25, -0.2) is 9.18 Å². The van der Waals surface area contributed by atoms with Crippen molar-refractivity contribution in [3.63, 3.8) is 0 Å². The summed E-state index contributed by atoms with van der Waals surface area (Å²) in [7, 11) is 0. The molecule has 0 N–H and O–H groups in total. The third-order valence-electron chi connectivity index (χ3n) is 10.5. The first-order chi connectivity index (χ1) is 23.7. The number of benzene rings is 1. The minimum atomic E-state index is -0.655. The molecule has 11 heteroatoms. The van der Waals surface area contributed by atoms with Gasteiger partial charge in [0.05, 0.1) is 23.0 Å². The number of halogens is 1. The van der Waals surface area contributed by atoms with E-state index >= 15 is 0 Å². The van der Waals surface area contributed by atoms with Crippen LogP contribution in [0.5, 0.6) is 0 Å². The molecule has 268 valence electrons. The summed E-state index contributed by atoms with van der Waals surface area (Å²) in [4.78, 5) is 65.1. The summed E-state index contributed by atoms with van der Waals surface area (Å²) < 4.78 is 22.2. The van der Waals surface area contributed by atoms with Crippen LogP contribution in [0.4, 0.5) is 9.18 Å². The predicted molar refractivity (Wildman–Crippen MR) is 189 cm³/mol. The molecular formula is C39H50FN5O5. The molecule has 2 bridgehead atoms. The van der Waals surface area contributed by atoms with Gasteiger partial charge in [-0.05, 0) is 117 Å². The quantitative estimate of drug-likeness (QED) is 0.247. The maximum Gasteiger partial charge on any atom is 0.411 e. The van der Waals surface area contributed by atoms with Crippen LogP contribution in [0, 0.1) is 17.7 Å². The summed E-state index contributed by atoms with van der Waals surface area (Å²) in [6.45, 7) is 14.2. The standard InChI is InChI=1S/C39H50FN5O5/c1-23(2)44(24(3)4)36(47)30-20-27(40)11-13-32(30)43-22-31(29-14-16-41-21-33(29)43)35(46)25-9-8-17-42(18-15-25)37(48)34-26-10-12-28(19-26)45(34)38(49)50-39(5,6)7/h11,13-14,16,20-26,28,34H,8-10,12,15,17-19H2,1-7H3/t25-,26+,28-,34+/m1/s1.